The normalized spacial score (nSPS) is 17.2. The van der Waals surface area contributed by atoms with Gasteiger partial charge in [-0.05, 0) is 29.8 Å². The van der Waals surface area contributed by atoms with Gasteiger partial charge in [0.1, 0.15) is 5.54 Å². The number of carbonyl (C=O) groups is 2. The van der Waals surface area contributed by atoms with Gasteiger partial charge in [-0.25, -0.2) is 9.59 Å². The number of carbonyl (C=O) groups excluding carboxylic acids is 2. The molecule has 3 aromatic rings. The van der Waals surface area contributed by atoms with Gasteiger partial charge in [0, 0.05) is 25.3 Å². The minimum Gasteiger partial charge on any atom is -0.407 e. The summed E-state index contributed by atoms with van der Waals surface area (Å²) in [6, 6.07) is 11.7. The third-order valence-corrected chi connectivity index (χ3v) is 5.57. The second kappa shape index (κ2) is 10.7. The summed E-state index contributed by atoms with van der Waals surface area (Å²) in [6.45, 7) is 0.271. The molecule has 1 aliphatic rings. The second-order valence-corrected chi connectivity index (χ2v) is 8.20. The smallest absolute Gasteiger partial charge is 0.407 e. The largest absolute Gasteiger partial charge is 0.418 e. The van der Waals surface area contributed by atoms with Crippen LogP contribution < -0.4 is 26.4 Å². The van der Waals surface area contributed by atoms with E-state index in [-0.39, 0.29) is 37.6 Å². The summed E-state index contributed by atoms with van der Waals surface area (Å²) in [5.74, 6) is -0.513. The minimum absolute atomic E-state index is 0.0156. The maximum Gasteiger partial charge on any atom is 0.418 e. The van der Waals surface area contributed by atoms with E-state index in [1.165, 1.54) is 18.2 Å². The van der Waals surface area contributed by atoms with Crippen LogP contribution in [-0.4, -0.2) is 40.7 Å². The first-order valence-corrected chi connectivity index (χ1v) is 11.1. The number of ether oxygens (including phenoxy) is 2. The topological polar surface area (TPSA) is 134 Å². The lowest BCUT2D eigenvalue weighted by molar-refractivity contribution is -0.137. The van der Waals surface area contributed by atoms with Crippen LogP contribution in [0.2, 0.25) is 0 Å². The summed E-state index contributed by atoms with van der Waals surface area (Å²) >= 11 is 0. The van der Waals surface area contributed by atoms with Crippen molar-refractivity contribution < 1.29 is 32.2 Å². The lowest BCUT2D eigenvalue weighted by atomic mass is 9.97. The standard InChI is InChI=1S/C24H22F3N5O5/c25-24(26,27)18-3-1-2-4-19(18)31-16-7-5-15(6-8-16)11-28-20(33)23(9-10-36-14-23)32-22(35)37-17-12-29-21(34)30-13-17/h1-8,12-13,31H,9-11,14H2,(H,28,33)(H,32,35)(H,29,30,34)/t23-/m0/s1. The van der Waals surface area contributed by atoms with Crippen molar-refractivity contribution in [2.45, 2.75) is 24.7 Å². The van der Waals surface area contributed by atoms with Gasteiger partial charge in [-0.15, -0.1) is 0 Å². The SMILES string of the molecule is O=C(N[C@@]1(C(=O)NCc2ccc(Nc3ccccc3C(F)(F)F)cc2)CCOC1)Oc1cnc(=O)[nH]c1. The van der Waals surface area contributed by atoms with Gasteiger partial charge in [-0.2, -0.15) is 18.2 Å². The van der Waals surface area contributed by atoms with E-state index in [0.29, 0.717) is 11.3 Å². The molecule has 0 spiro atoms. The number of amides is 2. The van der Waals surface area contributed by atoms with Crippen LogP contribution in [0.1, 0.15) is 17.5 Å². The Labute approximate surface area is 208 Å². The molecule has 4 rings (SSSR count). The Hall–Kier alpha value is -4.39. The highest BCUT2D eigenvalue weighted by molar-refractivity contribution is 5.90. The molecule has 4 N–H and O–H groups in total. The Bertz CT molecular complexity index is 1300. The average molecular weight is 517 g/mol. The predicted molar refractivity (Wildman–Crippen MR) is 125 cm³/mol. The minimum atomic E-state index is -4.49. The number of anilines is 2. The zero-order valence-electron chi connectivity index (χ0n) is 19.2. The van der Waals surface area contributed by atoms with Gasteiger partial charge in [0.25, 0.3) is 0 Å². The molecule has 10 nitrogen and oxygen atoms in total. The fourth-order valence-electron chi connectivity index (χ4n) is 3.67. The molecule has 1 fully saturated rings. The Morgan fingerprint density at radius 1 is 1.14 bits per heavy atom. The predicted octanol–water partition coefficient (Wildman–Crippen LogP) is 3.10. The zero-order chi connectivity index (χ0) is 26.5. The molecule has 1 atom stereocenters. The van der Waals surface area contributed by atoms with Crippen molar-refractivity contribution in [2.24, 2.45) is 0 Å². The van der Waals surface area contributed by atoms with Crippen molar-refractivity contribution in [1.29, 1.82) is 0 Å². The number of nitrogens with one attached hydrogen (secondary N) is 4. The summed E-state index contributed by atoms with van der Waals surface area (Å²) in [6.07, 6.45) is -2.99. The number of aromatic nitrogens is 2. The van der Waals surface area contributed by atoms with Crippen LogP contribution in [0.15, 0.2) is 65.7 Å². The summed E-state index contributed by atoms with van der Waals surface area (Å²) in [5, 5.41) is 8.02. The number of para-hydroxylation sites is 1. The molecule has 1 aliphatic heterocycles. The van der Waals surface area contributed by atoms with Crippen LogP contribution in [0.3, 0.4) is 0 Å². The van der Waals surface area contributed by atoms with E-state index in [9.17, 15) is 27.6 Å². The Balaban J connectivity index is 1.36. The first-order chi connectivity index (χ1) is 17.6. The Kier molecular flexibility index (Phi) is 7.43. The molecular formula is C24H22F3N5O5. The van der Waals surface area contributed by atoms with Crippen LogP contribution >= 0.6 is 0 Å². The maximum absolute atomic E-state index is 13.2. The van der Waals surface area contributed by atoms with E-state index < -0.39 is 35.0 Å². The molecule has 2 amide bonds. The highest BCUT2D eigenvalue weighted by atomic mass is 19.4. The molecule has 194 valence electrons. The average Bonchev–Trinajstić information content (AvgIpc) is 3.34. The number of benzene rings is 2. The van der Waals surface area contributed by atoms with Crippen molar-refractivity contribution in [3.63, 3.8) is 0 Å². The Morgan fingerprint density at radius 3 is 2.54 bits per heavy atom. The molecular weight excluding hydrogens is 495 g/mol. The van der Waals surface area contributed by atoms with Crippen molar-refractivity contribution in [3.8, 4) is 5.75 Å². The quantitative estimate of drug-likeness (QED) is 0.378. The van der Waals surface area contributed by atoms with Crippen LogP contribution in [-0.2, 0) is 22.3 Å². The van der Waals surface area contributed by atoms with Gasteiger partial charge in [-0.1, -0.05) is 24.3 Å². The molecule has 0 aliphatic carbocycles. The summed E-state index contributed by atoms with van der Waals surface area (Å²) in [7, 11) is 0. The van der Waals surface area contributed by atoms with Crippen LogP contribution in [0, 0.1) is 0 Å². The molecule has 2 aromatic carbocycles. The van der Waals surface area contributed by atoms with E-state index in [0.717, 1.165) is 18.5 Å². The number of H-pyrrole nitrogens is 1. The van der Waals surface area contributed by atoms with Crippen molar-refractivity contribution in [2.75, 3.05) is 18.5 Å². The lowest BCUT2D eigenvalue weighted by Gasteiger charge is -2.27. The molecule has 1 aromatic heterocycles. The van der Waals surface area contributed by atoms with Crippen molar-refractivity contribution in [1.82, 2.24) is 20.6 Å². The highest BCUT2D eigenvalue weighted by Gasteiger charge is 2.44. The van der Waals surface area contributed by atoms with E-state index in [4.69, 9.17) is 9.47 Å². The molecule has 0 bridgehead atoms. The summed E-state index contributed by atoms with van der Waals surface area (Å²) in [4.78, 5) is 42.1. The monoisotopic (exact) mass is 517 g/mol. The van der Waals surface area contributed by atoms with Gasteiger partial charge < -0.3 is 30.4 Å². The van der Waals surface area contributed by atoms with Gasteiger partial charge in [-0.3, -0.25) is 4.79 Å². The third kappa shape index (κ3) is 6.44. The van der Waals surface area contributed by atoms with Crippen LogP contribution in [0.5, 0.6) is 5.75 Å². The zero-order valence-corrected chi connectivity index (χ0v) is 19.2. The van der Waals surface area contributed by atoms with Crippen molar-refractivity contribution in [3.05, 3.63) is 82.5 Å². The van der Waals surface area contributed by atoms with Gasteiger partial charge in [0.2, 0.25) is 5.91 Å². The first kappa shape index (κ1) is 25.7. The number of hydrogen-bond acceptors (Lipinski definition) is 7. The van der Waals surface area contributed by atoms with Crippen LogP contribution in [0.25, 0.3) is 0 Å². The lowest BCUT2D eigenvalue weighted by Crippen LogP contribution is -2.59. The van der Waals surface area contributed by atoms with Gasteiger partial charge >= 0.3 is 18.0 Å². The van der Waals surface area contributed by atoms with E-state index in [1.807, 2.05) is 0 Å². The number of aromatic amines is 1. The third-order valence-electron chi connectivity index (χ3n) is 5.57. The van der Waals surface area contributed by atoms with Gasteiger partial charge in [0.15, 0.2) is 5.75 Å². The fourth-order valence-corrected chi connectivity index (χ4v) is 3.67. The number of halogens is 3. The van der Waals surface area contributed by atoms with Crippen LogP contribution in [0.4, 0.5) is 29.3 Å². The molecule has 0 unspecified atom stereocenters. The number of hydrogen-bond donors (Lipinski definition) is 4. The number of rotatable bonds is 7. The van der Waals surface area contributed by atoms with E-state index >= 15 is 0 Å². The molecule has 37 heavy (non-hydrogen) atoms. The molecule has 1 saturated heterocycles. The molecule has 2 heterocycles. The molecule has 0 saturated carbocycles. The number of alkyl halides is 3. The summed E-state index contributed by atoms with van der Waals surface area (Å²) < 4.78 is 50.0. The maximum atomic E-state index is 13.2. The fraction of sp³-hybridized carbons (Fsp3) is 0.250. The highest BCUT2D eigenvalue weighted by Crippen LogP contribution is 2.35. The second-order valence-electron chi connectivity index (χ2n) is 8.20. The van der Waals surface area contributed by atoms with E-state index in [1.54, 1.807) is 24.3 Å². The number of nitrogens with zero attached hydrogens (tertiary/aromatic N) is 1. The summed E-state index contributed by atoms with van der Waals surface area (Å²) in [5.41, 5.74) is -1.71. The Morgan fingerprint density at radius 2 is 1.89 bits per heavy atom. The van der Waals surface area contributed by atoms with Crippen molar-refractivity contribution >= 4 is 23.4 Å². The molecule has 13 heteroatoms. The van der Waals surface area contributed by atoms with E-state index in [2.05, 4.69) is 25.9 Å². The van der Waals surface area contributed by atoms with Gasteiger partial charge in [0.05, 0.1) is 30.3 Å². The first-order valence-electron chi connectivity index (χ1n) is 11.1. The molecule has 0 radical (unpaired) electrons.